The Hall–Kier alpha value is -2.02. The smallest absolute Gasteiger partial charge is 0.274 e. The van der Waals surface area contributed by atoms with Gasteiger partial charge in [-0.25, -0.2) is 4.98 Å². The Kier molecular flexibility index (Phi) is 5.40. The van der Waals surface area contributed by atoms with Crippen LogP contribution in [0.1, 0.15) is 48.3 Å². The summed E-state index contributed by atoms with van der Waals surface area (Å²) in [6.45, 7) is 3.42. The SMILES string of the molecule is Cc1cnc(C(=O)N(CCC(=O)NC2CC2)C[C@H]2CCCO2)cn1. The highest BCUT2D eigenvalue weighted by Gasteiger charge is 2.26. The van der Waals surface area contributed by atoms with E-state index in [1.807, 2.05) is 6.92 Å². The standard InChI is InChI=1S/C17H24N4O3/c1-12-9-19-15(10-18-12)17(23)21(11-14-3-2-8-24-14)7-6-16(22)20-13-4-5-13/h9-10,13-14H,2-8,11H2,1H3,(H,20,22)/t14-/m1/s1. The molecule has 3 rings (SSSR count). The lowest BCUT2D eigenvalue weighted by molar-refractivity contribution is -0.121. The monoisotopic (exact) mass is 332 g/mol. The van der Waals surface area contributed by atoms with Gasteiger partial charge in [-0.05, 0) is 32.6 Å². The van der Waals surface area contributed by atoms with Gasteiger partial charge < -0.3 is 15.0 Å². The van der Waals surface area contributed by atoms with Crippen molar-refractivity contribution in [3.8, 4) is 0 Å². The number of nitrogens with one attached hydrogen (secondary N) is 1. The topological polar surface area (TPSA) is 84.4 Å². The fourth-order valence-electron chi connectivity index (χ4n) is 2.74. The molecule has 0 bridgehead atoms. The summed E-state index contributed by atoms with van der Waals surface area (Å²) in [5, 5.41) is 2.95. The van der Waals surface area contributed by atoms with Crippen molar-refractivity contribution in [1.82, 2.24) is 20.2 Å². The first kappa shape index (κ1) is 16.8. The van der Waals surface area contributed by atoms with Crippen molar-refractivity contribution in [1.29, 1.82) is 0 Å². The van der Waals surface area contributed by atoms with E-state index in [4.69, 9.17) is 4.74 Å². The summed E-state index contributed by atoms with van der Waals surface area (Å²) in [6.07, 6.45) is 7.48. The van der Waals surface area contributed by atoms with Crippen LogP contribution in [0, 0.1) is 6.92 Å². The summed E-state index contributed by atoms with van der Waals surface area (Å²) in [6, 6.07) is 0.336. The first-order valence-electron chi connectivity index (χ1n) is 8.60. The number of carbonyl (C=O) groups excluding carboxylic acids is 2. The average molecular weight is 332 g/mol. The van der Waals surface area contributed by atoms with Crippen LogP contribution in [0.4, 0.5) is 0 Å². The van der Waals surface area contributed by atoms with Gasteiger partial charge in [0.1, 0.15) is 5.69 Å². The Morgan fingerprint density at radius 3 is 2.75 bits per heavy atom. The number of hydrogen-bond donors (Lipinski definition) is 1. The van der Waals surface area contributed by atoms with Crippen LogP contribution >= 0.6 is 0 Å². The highest BCUT2D eigenvalue weighted by molar-refractivity contribution is 5.92. The van der Waals surface area contributed by atoms with Crippen LogP contribution in [0.2, 0.25) is 0 Å². The molecule has 2 fully saturated rings. The number of aryl methyl sites for hydroxylation is 1. The highest BCUT2D eigenvalue weighted by Crippen LogP contribution is 2.19. The third-order valence-corrected chi connectivity index (χ3v) is 4.29. The average Bonchev–Trinajstić information content (AvgIpc) is 3.23. The van der Waals surface area contributed by atoms with Crippen LogP contribution in [-0.4, -0.2) is 58.5 Å². The maximum atomic E-state index is 12.7. The highest BCUT2D eigenvalue weighted by atomic mass is 16.5. The molecule has 0 radical (unpaired) electrons. The molecule has 24 heavy (non-hydrogen) atoms. The first-order chi connectivity index (χ1) is 11.6. The van der Waals surface area contributed by atoms with Gasteiger partial charge in [-0.2, -0.15) is 0 Å². The number of nitrogens with zero attached hydrogens (tertiary/aromatic N) is 3. The van der Waals surface area contributed by atoms with E-state index in [2.05, 4.69) is 15.3 Å². The normalized spacial score (nSPS) is 20.0. The molecule has 0 aromatic carbocycles. The molecule has 1 aromatic rings. The molecule has 1 atom stereocenters. The van der Waals surface area contributed by atoms with E-state index in [9.17, 15) is 9.59 Å². The van der Waals surface area contributed by atoms with Gasteiger partial charge in [0, 0.05) is 38.4 Å². The van der Waals surface area contributed by atoms with Crippen molar-refractivity contribution < 1.29 is 14.3 Å². The van der Waals surface area contributed by atoms with E-state index in [0.717, 1.165) is 38.0 Å². The van der Waals surface area contributed by atoms with Crippen LogP contribution in [0.15, 0.2) is 12.4 Å². The third-order valence-electron chi connectivity index (χ3n) is 4.29. The second-order valence-electron chi connectivity index (χ2n) is 6.52. The summed E-state index contributed by atoms with van der Waals surface area (Å²) in [5.74, 6) is -0.199. The lowest BCUT2D eigenvalue weighted by Crippen LogP contribution is -2.40. The van der Waals surface area contributed by atoms with Crippen molar-refractivity contribution in [3.05, 3.63) is 23.8 Å². The van der Waals surface area contributed by atoms with Gasteiger partial charge in [0.05, 0.1) is 18.0 Å². The Balaban J connectivity index is 1.61. The lowest BCUT2D eigenvalue weighted by atomic mass is 10.2. The minimum atomic E-state index is -0.197. The van der Waals surface area contributed by atoms with Crippen LogP contribution in [0.25, 0.3) is 0 Å². The third kappa shape index (κ3) is 4.74. The summed E-state index contributed by atoms with van der Waals surface area (Å²) in [7, 11) is 0. The molecule has 2 aliphatic rings. The van der Waals surface area contributed by atoms with E-state index in [0.29, 0.717) is 31.2 Å². The molecule has 7 heteroatoms. The zero-order valence-corrected chi connectivity index (χ0v) is 14.0. The molecule has 130 valence electrons. The zero-order valence-electron chi connectivity index (χ0n) is 14.0. The molecule has 1 aromatic heterocycles. The number of hydrogen-bond acceptors (Lipinski definition) is 5. The van der Waals surface area contributed by atoms with Gasteiger partial charge in [0.25, 0.3) is 5.91 Å². The van der Waals surface area contributed by atoms with E-state index >= 15 is 0 Å². The van der Waals surface area contributed by atoms with Gasteiger partial charge in [-0.1, -0.05) is 0 Å². The Morgan fingerprint density at radius 2 is 2.12 bits per heavy atom. The Morgan fingerprint density at radius 1 is 1.29 bits per heavy atom. The van der Waals surface area contributed by atoms with E-state index in [-0.39, 0.29) is 17.9 Å². The predicted octanol–water partition coefficient (Wildman–Crippen LogP) is 1.07. The molecule has 1 aliphatic carbocycles. The number of aromatic nitrogens is 2. The summed E-state index contributed by atoms with van der Waals surface area (Å²) in [5.41, 5.74) is 1.07. The molecular formula is C17H24N4O3. The fraction of sp³-hybridized carbons (Fsp3) is 0.647. The molecule has 2 amide bonds. The largest absolute Gasteiger partial charge is 0.376 e. The van der Waals surface area contributed by atoms with E-state index < -0.39 is 0 Å². The van der Waals surface area contributed by atoms with Crippen molar-refractivity contribution in [2.24, 2.45) is 0 Å². The number of ether oxygens (including phenoxy) is 1. The first-order valence-corrected chi connectivity index (χ1v) is 8.60. The summed E-state index contributed by atoms with van der Waals surface area (Å²) in [4.78, 5) is 34.6. The predicted molar refractivity (Wildman–Crippen MR) is 87.4 cm³/mol. The maximum absolute atomic E-state index is 12.7. The van der Waals surface area contributed by atoms with Crippen LogP contribution in [0.5, 0.6) is 0 Å². The summed E-state index contributed by atoms with van der Waals surface area (Å²) < 4.78 is 5.64. The molecule has 7 nitrogen and oxygen atoms in total. The van der Waals surface area contributed by atoms with Gasteiger partial charge in [0.15, 0.2) is 0 Å². The maximum Gasteiger partial charge on any atom is 0.274 e. The van der Waals surface area contributed by atoms with E-state index in [1.54, 1.807) is 11.1 Å². The number of rotatable bonds is 7. The van der Waals surface area contributed by atoms with Crippen LogP contribution in [0.3, 0.4) is 0 Å². The minimum absolute atomic E-state index is 0.00219. The van der Waals surface area contributed by atoms with Crippen molar-refractivity contribution >= 4 is 11.8 Å². The van der Waals surface area contributed by atoms with Gasteiger partial charge >= 0.3 is 0 Å². The molecular weight excluding hydrogens is 308 g/mol. The van der Waals surface area contributed by atoms with Crippen molar-refractivity contribution in [2.45, 2.75) is 51.2 Å². The quantitative estimate of drug-likeness (QED) is 0.807. The zero-order chi connectivity index (χ0) is 16.9. The van der Waals surface area contributed by atoms with Crippen molar-refractivity contribution in [3.63, 3.8) is 0 Å². The molecule has 1 saturated carbocycles. The lowest BCUT2D eigenvalue weighted by Gasteiger charge is -2.25. The fourth-order valence-corrected chi connectivity index (χ4v) is 2.74. The van der Waals surface area contributed by atoms with E-state index in [1.165, 1.54) is 6.20 Å². The number of amides is 2. The molecule has 0 spiro atoms. The molecule has 1 aliphatic heterocycles. The molecule has 2 heterocycles. The Bertz CT molecular complexity index is 580. The van der Waals surface area contributed by atoms with Gasteiger partial charge in [-0.15, -0.1) is 0 Å². The van der Waals surface area contributed by atoms with Crippen LogP contribution < -0.4 is 5.32 Å². The van der Waals surface area contributed by atoms with Crippen LogP contribution in [-0.2, 0) is 9.53 Å². The molecule has 1 N–H and O–H groups in total. The molecule has 0 unspecified atom stereocenters. The van der Waals surface area contributed by atoms with Gasteiger partial charge in [0.2, 0.25) is 5.91 Å². The summed E-state index contributed by atoms with van der Waals surface area (Å²) >= 11 is 0. The second kappa shape index (κ2) is 7.70. The van der Waals surface area contributed by atoms with Gasteiger partial charge in [-0.3, -0.25) is 14.6 Å². The number of carbonyl (C=O) groups is 2. The van der Waals surface area contributed by atoms with Crippen molar-refractivity contribution in [2.75, 3.05) is 19.7 Å². The second-order valence-corrected chi connectivity index (χ2v) is 6.52. The Labute approximate surface area is 141 Å². The minimum Gasteiger partial charge on any atom is -0.376 e. The molecule has 1 saturated heterocycles.